The van der Waals surface area contributed by atoms with Gasteiger partial charge in [-0.05, 0) is 31.4 Å². The van der Waals surface area contributed by atoms with Crippen LogP contribution in [0.25, 0.3) is 0 Å². The molecule has 146 valence electrons. The summed E-state index contributed by atoms with van der Waals surface area (Å²) >= 11 is 7.08. The zero-order valence-electron chi connectivity index (χ0n) is 15.4. The Morgan fingerprint density at radius 2 is 2.15 bits per heavy atom. The van der Waals surface area contributed by atoms with Crippen molar-refractivity contribution in [1.82, 2.24) is 19.9 Å². The molecule has 1 atom stereocenters. The van der Waals surface area contributed by atoms with Crippen molar-refractivity contribution in [2.24, 2.45) is 5.92 Å². The van der Waals surface area contributed by atoms with Crippen molar-refractivity contribution in [3.63, 3.8) is 0 Å². The maximum atomic E-state index is 12.3. The Hall–Kier alpha value is -1.80. The van der Waals surface area contributed by atoms with Gasteiger partial charge in [-0.1, -0.05) is 55.5 Å². The van der Waals surface area contributed by atoms with Crippen LogP contribution < -0.4 is 11.2 Å². The molecule has 3 N–H and O–H groups in total. The molecule has 2 heterocycles. The number of aromatic nitrogens is 4. The van der Waals surface area contributed by atoms with Gasteiger partial charge in [0.1, 0.15) is 5.82 Å². The summed E-state index contributed by atoms with van der Waals surface area (Å²) in [5, 5.41) is 11.8. The Balaban J connectivity index is 1.52. The van der Waals surface area contributed by atoms with E-state index >= 15 is 0 Å². The SMILES string of the molecule is C[C@@H](Sc1nnc(CCC2CCCCC2)n1N)C(=O)Nc1ccc(Cl)cn1. The van der Waals surface area contributed by atoms with Gasteiger partial charge in [-0.25, -0.2) is 9.66 Å². The van der Waals surface area contributed by atoms with Crippen molar-refractivity contribution < 1.29 is 4.79 Å². The van der Waals surface area contributed by atoms with E-state index in [1.807, 2.05) is 0 Å². The van der Waals surface area contributed by atoms with Crippen LogP contribution in [0.1, 0.15) is 51.3 Å². The molecule has 0 aromatic carbocycles. The summed E-state index contributed by atoms with van der Waals surface area (Å²) in [7, 11) is 0. The fourth-order valence-electron chi connectivity index (χ4n) is 3.26. The molecule has 0 bridgehead atoms. The highest BCUT2D eigenvalue weighted by Gasteiger charge is 2.21. The van der Waals surface area contributed by atoms with Gasteiger partial charge >= 0.3 is 0 Å². The first-order valence-corrected chi connectivity index (χ1v) is 10.6. The summed E-state index contributed by atoms with van der Waals surface area (Å²) < 4.78 is 1.51. The van der Waals surface area contributed by atoms with Gasteiger partial charge < -0.3 is 11.2 Å². The molecule has 7 nitrogen and oxygen atoms in total. The molecule has 9 heteroatoms. The lowest BCUT2D eigenvalue weighted by Crippen LogP contribution is -2.24. The van der Waals surface area contributed by atoms with Crippen molar-refractivity contribution in [2.45, 2.75) is 62.3 Å². The molecule has 1 saturated carbocycles. The van der Waals surface area contributed by atoms with Gasteiger partial charge in [0.15, 0.2) is 5.82 Å². The minimum Gasteiger partial charge on any atom is -0.336 e. The van der Waals surface area contributed by atoms with Gasteiger partial charge in [0.25, 0.3) is 0 Å². The minimum absolute atomic E-state index is 0.179. The van der Waals surface area contributed by atoms with Crippen molar-refractivity contribution in [1.29, 1.82) is 0 Å². The number of hydrogen-bond donors (Lipinski definition) is 2. The number of carbonyl (C=O) groups is 1. The quantitative estimate of drug-likeness (QED) is 0.535. The molecule has 0 aliphatic heterocycles. The van der Waals surface area contributed by atoms with E-state index in [-0.39, 0.29) is 11.2 Å². The topological polar surface area (TPSA) is 98.7 Å². The molecule has 0 unspecified atom stereocenters. The molecule has 1 amide bonds. The first kappa shape index (κ1) is 19.9. The van der Waals surface area contributed by atoms with Crippen LogP contribution in [0, 0.1) is 5.92 Å². The largest absolute Gasteiger partial charge is 0.336 e. The van der Waals surface area contributed by atoms with E-state index < -0.39 is 0 Å². The molecule has 0 radical (unpaired) electrons. The van der Waals surface area contributed by atoms with Crippen LogP contribution in [0.4, 0.5) is 5.82 Å². The zero-order chi connectivity index (χ0) is 19.2. The highest BCUT2D eigenvalue weighted by atomic mass is 35.5. The van der Waals surface area contributed by atoms with E-state index in [9.17, 15) is 4.79 Å². The van der Waals surface area contributed by atoms with Crippen molar-refractivity contribution in [3.8, 4) is 0 Å². The van der Waals surface area contributed by atoms with Gasteiger partial charge in [0.2, 0.25) is 11.1 Å². The molecule has 1 aliphatic carbocycles. The Kier molecular flexibility index (Phi) is 6.95. The number of carbonyl (C=O) groups excluding carboxylic acids is 1. The number of nitrogens with one attached hydrogen (secondary N) is 1. The number of aryl methyl sites for hydroxylation is 1. The van der Waals surface area contributed by atoms with E-state index in [2.05, 4.69) is 20.5 Å². The standard InChI is InChI=1S/C18H25ClN6OS/c1-12(17(26)22-15-9-8-14(19)11-21-15)27-18-24-23-16(25(18)20)10-7-13-5-3-2-4-6-13/h8-9,11-13H,2-7,10,20H2,1H3,(H,21,22,26)/t12-/m1/s1. The number of amides is 1. The maximum Gasteiger partial charge on any atom is 0.238 e. The first-order valence-electron chi connectivity index (χ1n) is 9.31. The zero-order valence-corrected chi connectivity index (χ0v) is 17.0. The maximum absolute atomic E-state index is 12.3. The van der Waals surface area contributed by atoms with Crippen LogP contribution in [-0.2, 0) is 11.2 Å². The average molecular weight is 409 g/mol. The monoisotopic (exact) mass is 408 g/mol. The normalized spacial score (nSPS) is 16.2. The van der Waals surface area contributed by atoms with E-state index in [1.54, 1.807) is 19.1 Å². The lowest BCUT2D eigenvalue weighted by atomic mass is 9.86. The molecule has 27 heavy (non-hydrogen) atoms. The molecule has 2 aromatic rings. The number of nitrogens with two attached hydrogens (primary N) is 1. The number of rotatable bonds is 7. The lowest BCUT2D eigenvalue weighted by Gasteiger charge is -2.20. The number of pyridine rings is 1. The average Bonchev–Trinajstić information content (AvgIpc) is 3.02. The second kappa shape index (κ2) is 9.41. The fraction of sp³-hybridized carbons (Fsp3) is 0.556. The third-order valence-corrected chi connectivity index (χ3v) is 6.15. The van der Waals surface area contributed by atoms with E-state index in [1.165, 1.54) is 54.7 Å². The summed E-state index contributed by atoms with van der Waals surface area (Å²) in [5.41, 5.74) is 0. The molecule has 1 aliphatic rings. The highest BCUT2D eigenvalue weighted by molar-refractivity contribution is 8.00. The summed E-state index contributed by atoms with van der Waals surface area (Å²) in [6, 6.07) is 3.34. The Morgan fingerprint density at radius 3 is 2.85 bits per heavy atom. The second-order valence-electron chi connectivity index (χ2n) is 6.92. The molecular formula is C18H25ClN6OS. The number of anilines is 1. The molecule has 3 rings (SSSR count). The van der Waals surface area contributed by atoms with Gasteiger partial charge in [-0.3, -0.25) is 4.79 Å². The number of nitrogens with zero attached hydrogens (tertiary/aromatic N) is 4. The Labute approximate surface area is 168 Å². The molecule has 0 spiro atoms. The first-order chi connectivity index (χ1) is 13.0. The molecular weight excluding hydrogens is 384 g/mol. The van der Waals surface area contributed by atoms with Crippen LogP contribution in [0.15, 0.2) is 23.5 Å². The summed E-state index contributed by atoms with van der Waals surface area (Å²) in [6.07, 6.45) is 10.0. The predicted molar refractivity (Wildman–Crippen MR) is 108 cm³/mol. The van der Waals surface area contributed by atoms with E-state index in [0.29, 0.717) is 16.0 Å². The van der Waals surface area contributed by atoms with Crippen LogP contribution in [-0.4, -0.2) is 31.0 Å². The van der Waals surface area contributed by atoms with Crippen LogP contribution >= 0.6 is 23.4 Å². The van der Waals surface area contributed by atoms with Gasteiger partial charge in [-0.15, -0.1) is 10.2 Å². The number of nitrogen functional groups attached to an aromatic ring is 1. The number of halogens is 1. The number of hydrogen-bond acceptors (Lipinski definition) is 6. The van der Waals surface area contributed by atoms with Crippen LogP contribution in [0.5, 0.6) is 0 Å². The fourth-order valence-corrected chi connectivity index (χ4v) is 4.16. The van der Waals surface area contributed by atoms with Gasteiger partial charge in [-0.2, -0.15) is 0 Å². The summed E-state index contributed by atoms with van der Waals surface area (Å²) in [6.45, 7) is 1.80. The van der Waals surface area contributed by atoms with E-state index in [4.69, 9.17) is 17.4 Å². The van der Waals surface area contributed by atoms with Crippen molar-refractivity contribution >= 4 is 35.1 Å². The Morgan fingerprint density at radius 1 is 1.37 bits per heavy atom. The summed E-state index contributed by atoms with van der Waals surface area (Å²) in [4.78, 5) is 16.4. The Bertz CT molecular complexity index is 760. The third-order valence-electron chi connectivity index (χ3n) is 4.87. The van der Waals surface area contributed by atoms with Crippen molar-refractivity contribution in [3.05, 3.63) is 29.2 Å². The third kappa shape index (κ3) is 5.59. The second-order valence-corrected chi connectivity index (χ2v) is 8.67. The van der Waals surface area contributed by atoms with Gasteiger partial charge in [0, 0.05) is 12.6 Å². The molecule has 1 fully saturated rings. The van der Waals surface area contributed by atoms with Crippen molar-refractivity contribution in [2.75, 3.05) is 11.2 Å². The highest BCUT2D eigenvalue weighted by Crippen LogP contribution is 2.28. The van der Waals surface area contributed by atoms with Crippen LogP contribution in [0.3, 0.4) is 0 Å². The number of thioether (sulfide) groups is 1. The summed E-state index contributed by atoms with van der Waals surface area (Å²) in [5.74, 6) is 7.97. The molecule has 0 saturated heterocycles. The van der Waals surface area contributed by atoms with Gasteiger partial charge in [0.05, 0.1) is 10.3 Å². The van der Waals surface area contributed by atoms with Crippen LogP contribution in [0.2, 0.25) is 5.02 Å². The minimum atomic E-state index is -0.389. The van der Waals surface area contributed by atoms with E-state index in [0.717, 1.165) is 24.6 Å². The lowest BCUT2D eigenvalue weighted by molar-refractivity contribution is -0.115. The molecule has 2 aromatic heterocycles. The predicted octanol–water partition coefficient (Wildman–Crippen LogP) is 3.67. The smallest absolute Gasteiger partial charge is 0.238 e.